The van der Waals surface area contributed by atoms with E-state index in [1.165, 1.54) is 77.0 Å². The molecule has 0 radical (unpaired) electrons. The number of esters is 3. The first-order valence-corrected chi connectivity index (χ1v) is 26.4. The number of carbonyl (C=O) groups is 3. The molecule has 0 bridgehead atoms. The lowest BCUT2D eigenvalue weighted by atomic mass is 10.0. The normalized spacial score (nSPS) is 13.0. The molecule has 0 rings (SSSR count). The van der Waals surface area contributed by atoms with Crippen LogP contribution in [-0.4, -0.2) is 37.2 Å². The van der Waals surface area contributed by atoms with Gasteiger partial charge in [0.25, 0.3) is 0 Å². The average molecular weight is 901 g/mol. The third kappa shape index (κ3) is 50.9. The second-order valence-electron chi connectivity index (χ2n) is 17.0. The van der Waals surface area contributed by atoms with Crippen molar-refractivity contribution in [3.63, 3.8) is 0 Å². The fraction of sp³-hybridized carbons (Fsp3) is 0.644. The smallest absolute Gasteiger partial charge is 0.310 e. The number of hydrogen-bond donors (Lipinski definition) is 0. The molecule has 0 saturated heterocycles. The van der Waals surface area contributed by atoms with E-state index in [9.17, 15) is 14.4 Å². The van der Waals surface area contributed by atoms with Gasteiger partial charge in [-0.15, -0.1) is 0 Å². The summed E-state index contributed by atoms with van der Waals surface area (Å²) >= 11 is 0. The van der Waals surface area contributed by atoms with E-state index in [2.05, 4.69) is 118 Å². The Kier molecular flexibility index (Phi) is 49.5. The number of hydrogen-bond acceptors (Lipinski definition) is 6. The van der Waals surface area contributed by atoms with Crippen LogP contribution in [0, 0.1) is 0 Å². The molecular formula is C59H96O6. The van der Waals surface area contributed by atoms with Crippen LogP contribution < -0.4 is 0 Å². The molecule has 0 amide bonds. The predicted molar refractivity (Wildman–Crippen MR) is 279 cm³/mol. The molecule has 0 saturated carbocycles. The third-order valence-corrected chi connectivity index (χ3v) is 10.8. The van der Waals surface area contributed by atoms with E-state index in [0.29, 0.717) is 19.3 Å². The maximum atomic E-state index is 12.7. The topological polar surface area (TPSA) is 78.9 Å². The molecule has 0 aromatic carbocycles. The fourth-order valence-electron chi connectivity index (χ4n) is 6.92. The highest BCUT2D eigenvalue weighted by Gasteiger charge is 2.19. The first kappa shape index (κ1) is 61.1. The Bertz CT molecular complexity index is 1360. The third-order valence-electron chi connectivity index (χ3n) is 10.8. The van der Waals surface area contributed by atoms with E-state index < -0.39 is 12.1 Å². The van der Waals surface area contributed by atoms with Gasteiger partial charge in [-0.05, 0) is 83.5 Å². The van der Waals surface area contributed by atoms with Crippen LogP contribution in [0.1, 0.15) is 226 Å². The first-order valence-electron chi connectivity index (χ1n) is 26.4. The van der Waals surface area contributed by atoms with Crippen LogP contribution in [0.4, 0.5) is 0 Å². The molecule has 368 valence electrons. The zero-order chi connectivity index (χ0) is 47.2. The van der Waals surface area contributed by atoms with Crippen LogP contribution in [0.3, 0.4) is 0 Å². The highest BCUT2D eigenvalue weighted by Crippen LogP contribution is 2.15. The fourth-order valence-corrected chi connectivity index (χ4v) is 6.92. The molecule has 0 aliphatic heterocycles. The highest BCUT2D eigenvalue weighted by molar-refractivity contribution is 5.72. The second kappa shape index (κ2) is 52.7. The van der Waals surface area contributed by atoms with E-state index in [4.69, 9.17) is 14.2 Å². The van der Waals surface area contributed by atoms with Gasteiger partial charge in [-0.3, -0.25) is 14.4 Å². The number of unbranched alkanes of at least 4 members (excludes halogenated alkanes) is 18. The van der Waals surface area contributed by atoms with E-state index in [1.54, 1.807) is 6.08 Å². The van der Waals surface area contributed by atoms with Crippen LogP contribution in [0.2, 0.25) is 0 Å². The molecule has 1 atom stereocenters. The summed E-state index contributed by atoms with van der Waals surface area (Å²) in [5, 5.41) is 0. The van der Waals surface area contributed by atoms with Gasteiger partial charge in [0.15, 0.2) is 6.10 Å². The van der Waals surface area contributed by atoms with Crippen LogP contribution in [-0.2, 0) is 28.6 Å². The lowest BCUT2D eigenvalue weighted by molar-refractivity contribution is -0.166. The Morgan fingerprint density at radius 3 is 1.02 bits per heavy atom. The Balaban J connectivity index is 4.55. The lowest BCUT2D eigenvalue weighted by Gasteiger charge is -2.18. The van der Waals surface area contributed by atoms with Crippen molar-refractivity contribution in [2.45, 2.75) is 232 Å². The average Bonchev–Trinajstić information content (AvgIpc) is 3.30. The largest absolute Gasteiger partial charge is 0.462 e. The van der Waals surface area contributed by atoms with Crippen LogP contribution >= 0.6 is 0 Å². The van der Waals surface area contributed by atoms with Gasteiger partial charge < -0.3 is 14.2 Å². The van der Waals surface area contributed by atoms with Crippen molar-refractivity contribution in [1.29, 1.82) is 0 Å². The predicted octanol–water partition coefficient (Wildman–Crippen LogP) is 17.5. The molecule has 1 unspecified atom stereocenters. The van der Waals surface area contributed by atoms with Gasteiger partial charge in [0.2, 0.25) is 0 Å². The summed E-state index contributed by atoms with van der Waals surface area (Å²) in [5.41, 5.74) is 0. The number of carbonyl (C=O) groups excluding carboxylic acids is 3. The van der Waals surface area contributed by atoms with Gasteiger partial charge in [-0.1, -0.05) is 233 Å². The van der Waals surface area contributed by atoms with E-state index in [1.807, 2.05) is 6.08 Å². The van der Waals surface area contributed by atoms with Crippen molar-refractivity contribution in [3.8, 4) is 0 Å². The van der Waals surface area contributed by atoms with Gasteiger partial charge in [0.05, 0.1) is 6.42 Å². The molecule has 6 heteroatoms. The maximum absolute atomic E-state index is 12.7. The molecule has 0 aliphatic rings. The van der Waals surface area contributed by atoms with E-state index in [-0.39, 0.29) is 31.6 Å². The molecular weight excluding hydrogens is 805 g/mol. The molecule has 0 spiro atoms. The zero-order valence-corrected chi connectivity index (χ0v) is 42.0. The maximum Gasteiger partial charge on any atom is 0.310 e. The quantitative estimate of drug-likeness (QED) is 0.0262. The number of ether oxygens (including phenoxy) is 3. The van der Waals surface area contributed by atoms with E-state index >= 15 is 0 Å². The summed E-state index contributed by atoms with van der Waals surface area (Å²) in [6.07, 6.45) is 71.0. The Morgan fingerprint density at radius 1 is 0.338 bits per heavy atom. The molecule has 0 heterocycles. The van der Waals surface area contributed by atoms with Gasteiger partial charge >= 0.3 is 17.9 Å². The molecule has 6 nitrogen and oxygen atoms in total. The minimum Gasteiger partial charge on any atom is -0.462 e. The van der Waals surface area contributed by atoms with Crippen LogP contribution in [0.25, 0.3) is 0 Å². The SMILES string of the molecule is CC/C=C\C/C=C\C/C=C\C/C=C\C/C=C\CC(=O)OC(COC(=O)CCCCCC/C=C\C/C=C\C/C=C\C/C=C\CC)COC(=O)CCCCCCCCCCCCCCCCC. The summed E-state index contributed by atoms with van der Waals surface area (Å²) in [5.74, 6) is -1.08. The van der Waals surface area contributed by atoms with Gasteiger partial charge in [-0.2, -0.15) is 0 Å². The first-order chi connectivity index (χ1) is 32.0. The molecule has 0 aromatic rings. The van der Waals surface area contributed by atoms with E-state index in [0.717, 1.165) is 103 Å². The molecule has 65 heavy (non-hydrogen) atoms. The molecule has 0 N–H and O–H groups in total. The van der Waals surface area contributed by atoms with Gasteiger partial charge in [-0.25, -0.2) is 0 Å². The summed E-state index contributed by atoms with van der Waals surface area (Å²) in [6.45, 7) is 6.30. The van der Waals surface area contributed by atoms with Crippen molar-refractivity contribution in [1.82, 2.24) is 0 Å². The van der Waals surface area contributed by atoms with Crippen LogP contribution in [0.15, 0.2) is 109 Å². The van der Waals surface area contributed by atoms with Crippen molar-refractivity contribution in [2.75, 3.05) is 13.2 Å². The lowest BCUT2D eigenvalue weighted by Crippen LogP contribution is -2.30. The van der Waals surface area contributed by atoms with Crippen molar-refractivity contribution in [3.05, 3.63) is 109 Å². The Labute approximate surface area is 400 Å². The summed E-state index contributed by atoms with van der Waals surface area (Å²) in [4.78, 5) is 38.0. The molecule has 0 fully saturated rings. The molecule has 0 aliphatic carbocycles. The van der Waals surface area contributed by atoms with Crippen molar-refractivity contribution < 1.29 is 28.6 Å². The second-order valence-corrected chi connectivity index (χ2v) is 17.0. The standard InChI is InChI=1S/C59H96O6/c1-4-7-10-13-16-19-22-25-28-29-32-34-37-40-43-46-49-52-58(61)64-55-56(65-59(62)53-50-47-44-41-38-35-31-27-24-21-18-15-12-9-6-3)54-63-57(60)51-48-45-42-39-36-33-30-26-23-20-17-14-11-8-5-2/h7,9-10,12,16,18-19,21,25,27-28,31-32,34,38,41,47,50,56H,4-6,8,11,13-15,17,20,22-24,26,29-30,33,35-37,39-40,42-46,48-49,51-55H2,1-3H3/b10-7-,12-9-,19-16-,21-18-,28-25-,31-27-,34-32-,41-38-,50-47-. The summed E-state index contributed by atoms with van der Waals surface area (Å²) < 4.78 is 16.7. The van der Waals surface area contributed by atoms with Crippen molar-refractivity contribution >= 4 is 17.9 Å². The summed E-state index contributed by atoms with van der Waals surface area (Å²) in [7, 11) is 0. The Morgan fingerprint density at radius 2 is 0.646 bits per heavy atom. The minimum atomic E-state index is -0.842. The Hall–Kier alpha value is -3.93. The molecule has 0 aromatic heterocycles. The van der Waals surface area contributed by atoms with Gasteiger partial charge in [0, 0.05) is 12.8 Å². The number of rotatable bonds is 46. The summed E-state index contributed by atoms with van der Waals surface area (Å²) in [6, 6.07) is 0. The monoisotopic (exact) mass is 901 g/mol. The van der Waals surface area contributed by atoms with Crippen LogP contribution in [0.5, 0.6) is 0 Å². The van der Waals surface area contributed by atoms with Crippen molar-refractivity contribution in [2.24, 2.45) is 0 Å². The van der Waals surface area contributed by atoms with Gasteiger partial charge in [0.1, 0.15) is 13.2 Å². The highest BCUT2D eigenvalue weighted by atomic mass is 16.6. The zero-order valence-electron chi connectivity index (χ0n) is 42.0. The minimum absolute atomic E-state index is 0.0892. The number of allylic oxidation sites excluding steroid dienone is 17.